The van der Waals surface area contributed by atoms with E-state index in [2.05, 4.69) is 46.8 Å². The van der Waals surface area contributed by atoms with E-state index < -0.39 is 0 Å². The molecule has 2 rings (SSSR count). The van der Waals surface area contributed by atoms with Crippen LogP contribution in [0.1, 0.15) is 24.8 Å². The van der Waals surface area contributed by atoms with Crippen LogP contribution in [0.2, 0.25) is 0 Å². The quantitative estimate of drug-likeness (QED) is 0.297. The third kappa shape index (κ3) is 10.5. The number of guanidine groups is 1. The number of aliphatic imine (C=N–C) groups is 1. The van der Waals surface area contributed by atoms with Crippen molar-refractivity contribution in [2.75, 3.05) is 67.3 Å². The van der Waals surface area contributed by atoms with Crippen LogP contribution >= 0.6 is 0 Å². The molecule has 2 N–H and O–H groups in total. The number of hydrogen-bond donors (Lipinski definition) is 2. The van der Waals surface area contributed by atoms with Crippen LogP contribution in [-0.2, 0) is 16.0 Å². The first-order valence-corrected chi connectivity index (χ1v) is 10.6. The molecule has 1 aliphatic rings. The average Bonchev–Trinajstić information content (AvgIpc) is 3.24. The van der Waals surface area contributed by atoms with Crippen molar-refractivity contribution in [2.45, 2.75) is 25.8 Å². The summed E-state index contributed by atoms with van der Waals surface area (Å²) in [6.45, 7) is 6.63. The van der Waals surface area contributed by atoms with Crippen LogP contribution < -0.4 is 15.4 Å². The van der Waals surface area contributed by atoms with Gasteiger partial charge >= 0.3 is 0 Å². The van der Waals surface area contributed by atoms with E-state index in [0.29, 0.717) is 5.92 Å². The van der Waals surface area contributed by atoms with Gasteiger partial charge in [-0.05, 0) is 51.1 Å². The van der Waals surface area contributed by atoms with E-state index in [9.17, 15) is 0 Å². The lowest BCUT2D eigenvalue weighted by Crippen LogP contribution is -2.37. The molecular weight excluding hydrogens is 368 g/mol. The molecule has 7 heteroatoms. The van der Waals surface area contributed by atoms with Crippen LogP contribution in [0.4, 0.5) is 0 Å². The fourth-order valence-electron chi connectivity index (χ4n) is 3.03. The molecule has 1 unspecified atom stereocenters. The maximum absolute atomic E-state index is 5.77. The molecule has 1 heterocycles. The Morgan fingerprint density at radius 1 is 1.17 bits per heavy atom. The normalized spacial score (nSPS) is 17.0. The van der Waals surface area contributed by atoms with Gasteiger partial charge < -0.3 is 29.7 Å². The van der Waals surface area contributed by atoms with Gasteiger partial charge in [0.2, 0.25) is 0 Å². The molecule has 0 aliphatic carbocycles. The molecular formula is C22H38N4O3. The minimum absolute atomic E-state index is 0.576. The SMILES string of the molecule is CN=C(NCCCOCC1CCOC1)NCc1ccc(OCCCN(C)C)cc1. The van der Waals surface area contributed by atoms with Crippen molar-refractivity contribution in [2.24, 2.45) is 10.9 Å². The smallest absolute Gasteiger partial charge is 0.191 e. The Bertz CT molecular complexity index is 572. The van der Waals surface area contributed by atoms with Gasteiger partial charge in [0.1, 0.15) is 5.75 Å². The van der Waals surface area contributed by atoms with Crippen molar-refractivity contribution in [1.29, 1.82) is 0 Å². The highest BCUT2D eigenvalue weighted by molar-refractivity contribution is 5.79. The van der Waals surface area contributed by atoms with Crippen LogP contribution in [0.25, 0.3) is 0 Å². The van der Waals surface area contributed by atoms with Gasteiger partial charge in [0, 0.05) is 45.8 Å². The molecule has 0 radical (unpaired) electrons. The van der Waals surface area contributed by atoms with E-state index in [0.717, 1.165) is 83.6 Å². The van der Waals surface area contributed by atoms with Gasteiger partial charge in [0.15, 0.2) is 5.96 Å². The molecule has 1 saturated heterocycles. The number of benzene rings is 1. The number of nitrogens with zero attached hydrogens (tertiary/aromatic N) is 2. The third-order valence-corrected chi connectivity index (χ3v) is 4.76. The Morgan fingerprint density at radius 3 is 2.69 bits per heavy atom. The van der Waals surface area contributed by atoms with E-state index in [1.54, 1.807) is 7.05 Å². The van der Waals surface area contributed by atoms with E-state index in [1.807, 2.05) is 12.1 Å². The summed E-state index contributed by atoms with van der Waals surface area (Å²) in [4.78, 5) is 6.44. The van der Waals surface area contributed by atoms with Crippen LogP contribution in [-0.4, -0.2) is 78.1 Å². The highest BCUT2D eigenvalue weighted by Gasteiger charge is 2.15. The highest BCUT2D eigenvalue weighted by atomic mass is 16.5. The lowest BCUT2D eigenvalue weighted by molar-refractivity contribution is 0.0888. The summed E-state index contributed by atoms with van der Waals surface area (Å²) in [5.41, 5.74) is 1.19. The second kappa shape index (κ2) is 14.2. The molecule has 164 valence electrons. The Kier molecular flexibility index (Phi) is 11.5. The highest BCUT2D eigenvalue weighted by Crippen LogP contribution is 2.13. The molecule has 1 fully saturated rings. The van der Waals surface area contributed by atoms with Crippen molar-refractivity contribution in [3.8, 4) is 5.75 Å². The predicted octanol–water partition coefficient (Wildman–Crippen LogP) is 2.13. The Hall–Kier alpha value is -1.83. The van der Waals surface area contributed by atoms with Gasteiger partial charge in [-0.15, -0.1) is 0 Å². The molecule has 7 nitrogen and oxygen atoms in total. The Morgan fingerprint density at radius 2 is 2.00 bits per heavy atom. The molecule has 1 aromatic rings. The van der Waals surface area contributed by atoms with Gasteiger partial charge in [-0.1, -0.05) is 12.1 Å². The Labute approximate surface area is 175 Å². The average molecular weight is 407 g/mol. The fourth-order valence-corrected chi connectivity index (χ4v) is 3.03. The molecule has 0 amide bonds. The zero-order valence-electron chi connectivity index (χ0n) is 18.3. The molecule has 0 saturated carbocycles. The summed E-state index contributed by atoms with van der Waals surface area (Å²) in [6.07, 6.45) is 3.10. The summed E-state index contributed by atoms with van der Waals surface area (Å²) >= 11 is 0. The molecule has 0 spiro atoms. The van der Waals surface area contributed by atoms with Gasteiger partial charge in [0.25, 0.3) is 0 Å². The van der Waals surface area contributed by atoms with Crippen molar-refractivity contribution < 1.29 is 14.2 Å². The van der Waals surface area contributed by atoms with E-state index >= 15 is 0 Å². The van der Waals surface area contributed by atoms with Crippen LogP contribution in [0.3, 0.4) is 0 Å². The first-order valence-electron chi connectivity index (χ1n) is 10.6. The van der Waals surface area contributed by atoms with Gasteiger partial charge in [-0.2, -0.15) is 0 Å². The van der Waals surface area contributed by atoms with E-state index in [4.69, 9.17) is 14.2 Å². The third-order valence-electron chi connectivity index (χ3n) is 4.76. The number of rotatable bonds is 13. The van der Waals surface area contributed by atoms with Crippen LogP contribution in [0.5, 0.6) is 5.75 Å². The standard InChI is InChI=1S/C22H38N4O3/c1-23-22(24-11-4-13-27-17-20-10-15-28-18-20)25-16-19-6-8-21(9-7-19)29-14-5-12-26(2)3/h6-9,20H,4-5,10-18H2,1-3H3,(H2,23,24,25). The predicted molar refractivity (Wildman–Crippen MR) is 118 cm³/mol. The molecule has 1 aromatic carbocycles. The second-order valence-corrected chi connectivity index (χ2v) is 7.66. The van der Waals surface area contributed by atoms with Crippen molar-refractivity contribution in [3.63, 3.8) is 0 Å². The van der Waals surface area contributed by atoms with Gasteiger partial charge in [-0.25, -0.2) is 0 Å². The second-order valence-electron chi connectivity index (χ2n) is 7.66. The zero-order chi connectivity index (χ0) is 20.7. The largest absolute Gasteiger partial charge is 0.494 e. The molecule has 1 atom stereocenters. The first-order chi connectivity index (χ1) is 14.2. The summed E-state index contributed by atoms with van der Waals surface area (Å²) in [5.74, 6) is 2.30. The monoisotopic (exact) mass is 406 g/mol. The van der Waals surface area contributed by atoms with Crippen molar-refractivity contribution >= 4 is 5.96 Å². The number of hydrogen-bond acceptors (Lipinski definition) is 5. The summed E-state index contributed by atoms with van der Waals surface area (Å²) in [7, 11) is 5.94. The summed E-state index contributed by atoms with van der Waals surface area (Å²) in [5, 5.41) is 6.67. The molecule has 0 bridgehead atoms. The maximum atomic E-state index is 5.77. The van der Waals surface area contributed by atoms with E-state index in [1.165, 1.54) is 5.56 Å². The van der Waals surface area contributed by atoms with Crippen LogP contribution in [0, 0.1) is 5.92 Å². The van der Waals surface area contributed by atoms with Crippen LogP contribution in [0.15, 0.2) is 29.3 Å². The summed E-state index contributed by atoms with van der Waals surface area (Å²) in [6, 6.07) is 8.22. The van der Waals surface area contributed by atoms with Gasteiger partial charge in [-0.3, -0.25) is 4.99 Å². The molecule has 29 heavy (non-hydrogen) atoms. The van der Waals surface area contributed by atoms with Crippen molar-refractivity contribution in [1.82, 2.24) is 15.5 Å². The zero-order valence-corrected chi connectivity index (χ0v) is 18.3. The van der Waals surface area contributed by atoms with Gasteiger partial charge in [0.05, 0.1) is 19.8 Å². The molecule has 0 aromatic heterocycles. The number of ether oxygens (including phenoxy) is 3. The minimum Gasteiger partial charge on any atom is -0.494 e. The first kappa shape index (κ1) is 23.4. The molecule has 1 aliphatic heterocycles. The van der Waals surface area contributed by atoms with E-state index in [-0.39, 0.29) is 0 Å². The number of nitrogens with one attached hydrogen (secondary N) is 2. The fraction of sp³-hybridized carbons (Fsp3) is 0.682. The topological polar surface area (TPSA) is 67.4 Å². The maximum Gasteiger partial charge on any atom is 0.191 e. The van der Waals surface area contributed by atoms with Crippen molar-refractivity contribution in [3.05, 3.63) is 29.8 Å². The summed E-state index contributed by atoms with van der Waals surface area (Å²) < 4.78 is 16.9. The lowest BCUT2D eigenvalue weighted by Gasteiger charge is -2.13. The lowest BCUT2D eigenvalue weighted by atomic mass is 10.1. The Balaban J connectivity index is 1.54. The minimum atomic E-state index is 0.576.